The number of hydrogen-bond acceptors (Lipinski definition) is 4. The number of ether oxygens (including phenoxy) is 2. The first kappa shape index (κ1) is 18.1. The standard InChI is InChI=1S/C20H30N2O3/c1-4-25-18-8-5-15(11-19(18)24-3)12-21-17-9-10-22(13-14(17)2)20(23)16-6-7-16/h5,8,11,14,16-17,21H,4,6-7,9-10,12-13H2,1-3H3/t14-,17-/m1/s1. The number of benzene rings is 1. The molecule has 2 fully saturated rings. The minimum absolute atomic E-state index is 0.327. The molecule has 1 aliphatic carbocycles. The zero-order chi connectivity index (χ0) is 17.8. The van der Waals surface area contributed by atoms with Crippen LogP contribution in [0.25, 0.3) is 0 Å². The molecule has 5 nitrogen and oxygen atoms in total. The number of hydrogen-bond donors (Lipinski definition) is 1. The summed E-state index contributed by atoms with van der Waals surface area (Å²) in [6.45, 7) is 7.39. The summed E-state index contributed by atoms with van der Waals surface area (Å²) in [6.07, 6.45) is 3.20. The molecule has 1 aromatic carbocycles. The highest BCUT2D eigenvalue weighted by molar-refractivity contribution is 5.81. The van der Waals surface area contributed by atoms with E-state index in [9.17, 15) is 4.79 Å². The number of rotatable bonds is 7. The van der Waals surface area contributed by atoms with Gasteiger partial charge in [0.05, 0.1) is 13.7 Å². The van der Waals surface area contributed by atoms with Crippen LogP contribution >= 0.6 is 0 Å². The van der Waals surface area contributed by atoms with Gasteiger partial charge in [-0.1, -0.05) is 13.0 Å². The fraction of sp³-hybridized carbons (Fsp3) is 0.650. The first-order chi connectivity index (χ1) is 12.1. The maximum atomic E-state index is 12.2. The molecule has 1 N–H and O–H groups in total. The fourth-order valence-electron chi connectivity index (χ4n) is 3.58. The number of methoxy groups -OCH3 is 1. The van der Waals surface area contributed by atoms with Gasteiger partial charge in [-0.25, -0.2) is 0 Å². The van der Waals surface area contributed by atoms with E-state index in [1.807, 2.05) is 19.1 Å². The third-order valence-electron chi connectivity index (χ3n) is 5.24. The second-order valence-corrected chi connectivity index (χ2v) is 7.23. The number of nitrogens with one attached hydrogen (secondary N) is 1. The number of carbonyl (C=O) groups excluding carboxylic acids is 1. The Hall–Kier alpha value is -1.75. The van der Waals surface area contributed by atoms with Crippen molar-refractivity contribution < 1.29 is 14.3 Å². The average Bonchev–Trinajstić information content (AvgIpc) is 3.46. The van der Waals surface area contributed by atoms with Gasteiger partial charge in [-0.3, -0.25) is 4.79 Å². The van der Waals surface area contributed by atoms with Crippen LogP contribution in [0.4, 0.5) is 0 Å². The van der Waals surface area contributed by atoms with Gasteiger partial charge in [-0.2, -0.15) is 0 Å². The molecule has 1 heterocycles. The molecular weight excluding hydrogens is 316 g/mol. The van der Waals surface area contributed by atoms with Gasteiger partial charge < -0.3 is 19.7 Å². The topological polar surface area (TPSA) is 50.8 Å². The van der Waals surface area contributed by atoms with Gasteiger partial charge in [-0.05, 0) is 49.8 Å². The third-order valence-corrected chi connectivity index (χ3v) is 5.24. The van der Waals surface area contributed by atoms with Crippen molar-refractivity contribution in [2.24, 2.45) is 11.8 Å². The van der Waals surface area contributed by atoms with Crippen molar-refractivity contribution in [2.45, 2.75) is 45.7 Å². The van der Waals surface area contributed by atoms with Crippen LogP contribution in [-0.2, 0) is 11.3 Å². The molecule has 1 aliphatic heterocycles. The Bertz CT molecular complexity index is 601. The summed E-state index contributed by atoms with van der Waals surface area (Å²) in [7, 11) is 1.67. The van der Waals surface area contributed by atoms with Crippen LogP contribution < -0.4 is 14.8 Å². The smallest absolute Gasteiger partial charge is 0.225 e. The van der Waals surface area contributed by atoms with Crippen molar-refractivity contribution in [3.63, 3.8) is 0 Å². The molecule has 0 bridgehead atoms. The van der Waals surface area contributed by atoms with Gasteiger partial charge in [0.25, 0.3) is 0 Å². The highest BCUT2D eigenvalue weighted by Gasteiger charge is 2.36. The summed E-state index contributed by atoms with van der Waals surface area (Å²) in [4.78, 5) is 14.3. The largest absolute Gasteiger partial charge is 0.493 e. The van der Waals surface area contributed by atoms with E-state index in [4.69, 9.17) is 9.47 Å². The van der Waals surface area contributed by atoms with Crippen molar-refractivity contribution in [3.05, 3.63) is 23.8 Å². The zero-order valence-electron chi connectivity index (χ0n) is 15.6. The highest BCUT2D eigenvalue weighted by atomic mass is 16.5. The number of nitrogens with zero attached hydrogens (tertiary/aromatic N) is 1. The average molecular weight is 346 g/mol. The molecule has 138 valence electrons. The lowest BCUT2D eigenvalue weighted by Gasteiger charge is -2.37. The Labute approximate surface area is 150 Å². The van der Waals surface area contributed by atoms with Gasteiger partial charge in [0.1, 0.15) is 0 Å². The zero-order valence-corrected chi connectivity index (χ0v) is 15.6. The summed E-state index contributed by atoms with van der Waals surface area (Å²) in [5, 5.41) is 3.66. The second-order valence-electron chi connectivity index (χ2n) is 7.23. The van der Waals surface area contributed by atoms with E-state index < -0.39 is 0 Å². The first-order valence-electron chi connectivity index (χ1n) is 9.44. The lowest BCUT2D eigenvalue weighted by atomic mass is 9.93. The molecule has 0 radical (unpaired) electrons. The van der Waals surface area contributed by atoms with Gasteiger partial charge in [-0.15, -0.1) is 0 Å². The van der Waals surface area contributed by atoms with Gasteiger partial charge in [0.2, 0.25) is 5.91 Å². The summed E-state index contributed by atoms with van der Waals surface area (Å²) < 4.78 is 11.0. The molecule has 5 heteroatoms. The van der Waals surface area contributed by atoms with Crippen molar-refractivity contribution in [2.75, 3.05) is 26.8 Å². The Morgan fingerprint density at radius 1 is 1.28 bits per heavy atom. The number of likely N-dealkylation sites (tertiary alicyclic amines) is 1. The minimum atomic E-state index is 0.327. The second kappa shape index (κ2) is 8.09. The van der Waals surface area contributed by atoms with Crippen LogP contribution in [-0.4, -0.2) is 43.7 Å². The van der Waals surface area contributed by atoms with E-state index >= 15 is 0 Å². The molecule has 1 amide bonds. The number of amides is 1. The third kappa shape index (κ3) is 4.46. The maximum absolute atomic E-state index is 12.2. The van der Waals surface area contributed by atoms with Crippen LogP contribution in [0.1, 0.15) is 38.7 Å². The van der Waals surface area contributed by atoms with E-state index in [0.29, 0.717) is 30.4 Å². The molecule has 0 aromatic heterocycles. The molecule has 2 aliphatic rings. The normalized spacial score (nSPS) is 23.4. The summed E-state index contributed by atoms with van der Waals surface area (Å²) in [5.74, 6) is 2.74. The first-order valence-corrected chi connectivity index (χ1v) is 9.44. The maximum Gasteiger partial charge on any atom is 0.225 e. The van der Waals surface area contributed by atoms with E-state index in [1.165, 1.54) is 5.56 Å². The summed E-state index contributed by atoms with van der Waals surface area (Å²) >= 11 is 0. The van der Waals surface area contributed by atoms with Crippen molar-refractivity contribution >= 4 is 5.91 Å². The lowest BCUT2D eigenvalue weighted by Crippen LogP contribution is -2.50. The molecular formula is C20H30N2O3. The lowest BCUT2D eigenvalue weighted by molar-refractivity contribution is -0.134. The fourth-order valence-corrected chi connectivity index (χ4v) is 3.58. The van der Waals surface area contributed by atoms with Gasteiger partial charge >= 0.3 is 0 Å². The molecule has 3 rings (SSSR count). The molecule has 0 spiro atoms. The predicted molar refractivity (Wildman–Crippen MR) is 97.9 cm³/mol. The predicted octanol–water partition coefficient (Wildman–Crippen LogP) is 2.83. The Morgan fingerprint density at radius 3 is 2.72 bits per heavy atom. The summed E-state index contributed by atoms with van der Waals surface area (Å²) in [6, 6.07) is 6.53. The number of piperidine rings is 1. The molecule has 1 saturated carbocycles. The summed E-state index contributed by atoms with van der Waals surface area (Å²) in [5.41, 5.74) is 1.18. The monoisotopic (exact) mass is 346 g/mol. The molecule has 25 heavy (non-hydrogen) atoms. The Morgan fingerprint density at radius 2 is 2.08 bits per heavy atom. The van der Waals surface area contributed by atoms with Gasteiger partial charge in [0.15, 0.2) is 11.5 Å². The van der Waals surface area contributed by atoms with Crippen LogP contribution in [0, 0.1) is 11.8 Å². The van der Waals surface area contributed by atoms with Crippen molar-refractivity contribution in [1.29, 1.82) is 0 Å². The van der Waals surface area contributed by atoms with Crippen LogP contribution in [0.15, 0.2) is 18.2 Å². The van der Waals surface area contributed by atoms with E-state index in [1.54, 1.807) is 7.11 Å². The van der Waals surface area contributed by atoms with Crippen LogP contribution in [0.2, 0.25) is 0 Å². The van der Waals surface area contributed by atoms with Crippen molar-refractivity contribution in [1.82, 2.24) is 10.2 Å². The van der Waals surface area contributed by atoms with Gasteiger partial charge in [0, 0.05) is 31.6 Å². The quantitative estimate of drug-likeness (QED) is 0.825. The molecule has 1 saturated heterocycles. The molecule has 1 aromatic rings. The SMILES string of the molecule is CCOc1ccc(CN[C@@H]2CCN(C(=O)C3CC3)C[C@H]2C)cc1OC. The number of carbonyl (C=O) groups is 1. The Kier molecular flexibility index (Phi) is 5.84. The van der Waals surface area contributed by atoms with E-state index in [0.717, 1.165) is 50.4 Å². The minimum Gasteiger partial charge on any atom is -0.493 e. The Balaban J connectivity index is 1.52. The molecule has 2 atom stereocenters. The van der Waals surface area contributed by atoms with Crippen molar-refractivity contribution in [3.8, 4) is 11.5 Å². The molecule has 0 unspecified atom stereocenters. The van der Waals surface area contributed by atoms with Crippen LogP contribution in [0.3, 0.4) is 0 Å². The van der Waals surface area contributed by atoms with E-state index in [2.05, 4.69) is 23.2 Å². The van der Waals surface area contributed by atoms with Crippen LogP contribution in [0.5, 0.6) is 11.5 Å². The van der Waals surface area contributed by atoms with E-state index in [-0.39, 0.29) is 0 Å². The highest BCUT2D eigenvalue weighted by Crippen LogP contribution is 2.32.